The van der Waals surface area contributed by atoms with Crippen molar-refractivity contribution in [3.63, 3.8) is 0 Å². The fourth-order valence-corrected chi connectivity index (χ4v) is 1.84. The van der Waals surface area contributed by atoms with E-state index in [0.29, 0.717) is 5.69 Å². The Labute approximate surface area is 102 Å². The normalized spacial score (nSPS) is 21.5. The first-order valence-corrected chi connectivity index (χ1v) is 5.70. The molecule has 0 unspecified atom stereocenters. The van der Waals surface area contributed by atoms with Crippen LogP contribution in [0.5, 0.6) is 0 Å². The molecule has 1 aliphatic rings. The molecule has 0 bridgehead atoms. The molecule has 0 spiro atoms. The Morgan fingerprint density at radius 2 is 1.71 bits per heavy atom. The first-order valence-electron chi connectivity index (χ1n) is 5.70. The predicted octanol–water partition coefficient (Wildman–Crippen LogP) is 1.20. The van der Waals surface area contributed by atoms with Crippen molar-refractivity contribution in [2.45, 2.75) is 38.9 Å². The van der Waals surface area contributed by atoms with E-state index in [1.807, 2.05) is 45.4 Å². The molecule has 0 saturated carbocycles. The molecule has 1 saturated heterocycles. The highest BCUT2D eigenvalue weighted by molar-refractivity contribution is 6.61. The number of nitrogens with zero attached hydrogens (tertiary/aromatic N) is 2. The summed E-state index contributed by atoms with van der Waals surface area (Å²) in [7, 11) is 1.44. The van der Waals surface area contributed by atoms with Gasteiger partial charge in [0, 0.05) is 12.6 Å². The van der Waals surface area contributed by atoms with Crippen molar-refractivity contribution in [3.8, 4) is 6.07 Å². The molecule has 1 aromatic heterocycles. The number of aromatic nitrogens is 1. The lowest BCUT2D eigenvalue weighted by atomic mass is 9.85. The molecule has 1 aromatic rings. The van der Waals surface area contributed by atoms with Crippen molar-refractivity contribution in [3.05, 3.63) is 17.8 Å². The lowest BCUT2D eigenvalue weighted by Gasteiger charge is -2.32. The van der Waals surface area contributed by atoms with Crippen LogP contribution < -0.4 is 5.59 Å². The second-order valence-corrected chi connectivity index (χ2v) is 5.40. The van der Waals surface area contributed by atoms with Gasteiger partial charge in [-0.05, 0) is 39.8 Å². The highest BCUT2D eigenvalue weighted by atomic mass is 16.7. The van der Waals surface area contributed by atoms with E-state index >= 15 is 0 Å². The summed E-state index contributed by atoms with van der Waals surface area (Å²) in [5, 5.41) is 8.93. The molecule has 0 N–H and O–H groups in total. The lowest BCUT2D eigenvalue weighted by Crippen LogP contribution is -2.41. The van der Waals surface area contributed by atoms with E-state index in [-0.39, 0.29) is 11.2 Å². The summed E-state index contributed by atoms with van der Waals surface area (Å²) in [6, 6.07) is 5.79. The first-order chi connectivity index (χ1) is 7.78. The fourth-order valence-electron chi connectivity index (χ4n) is 1.84. The third-order valence-electron chi connectivity index (χ3n) is 3.77. The second kappa shape index (κ2) is 3.62. The van der Waals surface area contributed by atoms with Crippen LogP contribution in [0.1, 0.15) is 33.4 Å². The smallest absolute Gasteiger partial charge is 0.398 e. The Balaban J connectivity index is 2.33. The van der Waals surface area contributed by atoms with E-state index in [4.69, 9.17) is 14.6 Å². The standard InChI is InChI=1S/C12H17BN2O2/c1-11(2)12(3,4)17-13(16-11)10-7-6-9(8-14)15(10)5/h6-7H,1-5H3. The van der Waals surface area contributed by atoms with Crippen LogP contribution in [-0.4, -0.2) is 22.9 Å². The van der Waals surface area contributed by atoms with Gasteiger partial charge in [0.05, 0.1) is 11.2 Å². The van der Waals surface area contributed by atoms with Crippen LogP contribution in [0.3, 0.4) is 0 Å². The molecule has 1 aliphatic heterocycles. The molecule has 0 aromatic carbocycles. The van der Waals surface area contributed by atoms with Gasteiger partial charge < -0.3 is 13.9 Å². The van der Waals surface area contributed by atoms with Crippen LogP contribution in [0.25, 0.3) is 0 Å². The summed E-state index contributed by atoms with van der Waals surface area (Å²) in [5.74, 6) is 0. The van der Waals surface area contributed by atoms with E-state index in [9.17, 15) is 0 Å². The van der Waals surface area contributed by atoms with Gasteiger partial charge in [-0.1, -0.05) is 0 Å². The molecule has 0 aliphatic carbocycles. The van der Waals surface area contributed by atoms with E-state index in [0.717, 1.165) is 5.59 Å². The third-order valence-corrected chi connectivity index (χ3v) is 3.77. The van der Waals surface area contributed by atoms with E-state index in [1.54, 1.807) is 6.07 Å². The molecule has 0 radical (unpaired) electrons. The second-order valence-electron chi connectivity index (χ2n) is 5.40. The molecule has 0 amide bonds. The van der Waals surface area contributed by atoms with Crippen molar-refractivity contribution >= 4 is 12.7 Å². The maximum atomic E-state index is 8.93. The zero-order valence-corrected chi connectivity index (χ0v) is 10.9. The summed E-state index contributed by atoms with van der Waals surface area (Å²) >= 11 is 0. The van der Waals surface area contributed by atoms with Crippen LogP contribution >= 0.6 is 0 Å². The Kier molecular flexibility index (Phi) is 2.60. The molecule has 0 atom stereocenters. The van der Waals surface area contributed by atoms with Crippen molar-refractivity contribution in [1.29, 1.82) is 5.26 Å². The Hall–Kier alpha value is -1.25. The zero-order valence-electron chi connectivity index (χ0n) is 10.9. The fraction of sp³-hybridized carbons (Fsp3) is 0.583. The van der Waals surface area contributed by atoms with Crippen LogP contribution in [0.15, 0.2) is 12.1 Å². The number of hydrogen-bond acceptors (Lipinski definition) is 3. The van der Waals surface area contributed by atoms with Gasteiger partial charge in [-0.15, -0.1) is 0 Å². The third kappa shape index (κ3) is 1.78. The minimum absolute atomic E-state index is 0.352. The first kappa shape index (κ1) is 12.2. The average molecular weight is 232 g/mol. The Morgan fingerprint density at radius 1 is 1.18 bits per heavy atom. The highest BCUT2D eigenvalue weighted by Crippen LogP contribution is 2.36. The minimum atomic E-state index is -0.410. The van der Waals surface area contributed by atoms with Gasteiger partial charge in [0.25, 0.3) is 0 Å². The van der Waals surface area contributed by atoms with Gasteiger partial charge in [-0.3, -0.25) is 0 Å². The van der Waals surface area contributed by atoms with Gasteiger partial charge in [-0.25, -0.2) is 0 Å². The largest absolute Gasteiger partial charge is 0.512 e. The number of hydrogen-bond donors (Lipinski definition) is 0. The van der Waals surface area contributed by atoms with Gasteiger partial charge in [0.1, 0.15) is 11.8 Å². The van der Waals surface area contributed by atoms with E-state index in [2.05, 4.69) is 6.07 Å². The van der Waals surface area contributed by atoms with E-state index in [1.165, 1.54) is 0 Å². The van der Waals surface area contributed by atoms with Crippen molar-refractivity contribution in [2.24, 2.45) is 7.05 Å². The maximum absolute atomic E-state index is 8.93. The zero-order chi connectivity index (χ0) is 12.8. The minimum Gasteiger partial charge on any atom is -0.398 e. The molecule has 2 heterocycles. The molecule has 4 nitrogen and oxygen atoms in total. The summed E-state index contributed by atoms with van der Waals surface area (Å²) in [5.41, 5.74) is 0.777. The van der Waals surface area contributed by atoms with Crippen LogP contribution in [0, 0.1) is 11.3 Å². The summed E-state index contributed by atoms with van der Waals surface area (Å²) < 4.78 is 13.7. The number of rotatable bonds is 1. The monoisotopic (exact) mass is 232 g/mol. The van der Waals surface area contributed by atoms with Gasteiger partial charge in [0.15, 0.2) is 0 Å². The average Bonchev–Trinajstić information content (AvgIpc) is 2.65. The highest BCUT2D eigenvalue weighted by Gasteiger charge is 2.52. The predicted molar refractivity (Wildman–Crippen MR) is 65.8 cm³/mol. The lowest BCUT2D eigenvalue weighted by molar-refractivity contribution is 0.00578. The Morgan fingerprint density at radius 3 is 2.12 bits per heavy atom. The molecule has 2 rings (SSSR count). The molecule has 5 heteroatoms. The van der Waals surface area contributed by atoms with Crippen LogP contribution in [-0.2, 0) is 16.4 Å². The van der Waals surface area contributed by atoms with Crippen LogP contribution in [0.4, 0.5) is 0 Å². The van der Waals surface area contributed by atoms with Crippen molar-refractivity contribution in [1.82, 2.24) is 4.57 Å². The molecular formula is C12H17BN2O2. The van der Waals surface area contributed by atoms with Crippen molar-refractivity contribution in [2.75, 3.05) is 0 Å². The SMILES string of the molecule is Cn1c(C#N)ccc1B1OC(C)(C)C(C)(C)O1. The molecular weight excluding hydrogens is 215 g/mol. The molecule has 90 valence electrons. The number of nitriles is 1. The van der Waals surface area contributed by atoms with Gasteiger partial charge in [0.2, 0.25) is 0 Å². The maximum Gasteiger partial charge on any atom is 0.512 e. The summed E-state index contributed by atoms with van der Waals surface area (Å²) in [6.07, 6.45) is 0. The quantitative estimate of drug-likeness (QED) is 0.683. The van der Waals surface area contributed by atoms with Crippen LogP contribution in [0.2, 0.25) is 0 Å². The van der Waals surface area contributed by atoms with E-state index < -0.39 is 7.12 Å². The molecule has 17 heavy (non-hydrogen) atoms. The van der Waals surface area contributed by atoms with Crippen molar-refractivity contribution < 1.29 is 9.31 Å². The summed E-state index contributed by atoms with van der Waals surface area (Å²) in [4.78, 5) is 0. The molecule has 1 fully saturated rings. The van der Waals surface area contributed by atoms with Gasteiger partial charge >= 0.3 is 7.12 Å². The van der Waals surface area contributed by atoms with Gasteiger partial charge in [-0.2, -0.15) is 5.26 Å². The topological polar surface area (TPSA) is 47.2 Å². The summed E-state index contributed by atoms with van der Waals surface area (Å²) in [6.45, 7) is 8.06. The Bertz CT molecular complexity index is 469.